The Labute approximate surface area is 332 Å². The number of fused-ring (bicyclic) bond motifs is 2. The molecule has 56 heavy (non-hydrogen) atoms. The van der Waals surface area contributed by atoms with E-state index in [0.29, 0.717) is 50.9 Å². The third-order valence-electron chi connectivity index (χ3n) is 13.4. The quantitative estimate of drug-likeness (QED) is 0.0821. The zero-order chi connectivity index (χ0) is 40.5. The van der Waals surface area contributed by atoms with E-state index in [2.05, 4.69) is 21.3 Å². The average molecular weight is 788 g/mol. The highest BCUT2D eigenvalue weighted by atomic mass is 16.5. The molecular weight excluding hydrogens is 718 g/mol. The number of aliphatic hydroxyl groups is 1. The van der Waals surface area contributed by atoms with Crippen molar-refractivity contribution >= 4 is 35.3 Å². The highest BCUT2D eigenvalue weighted by molar-refractivity contribution is 6.04. The van der Waals surface area contributed by atoms with Gasteiger partial charge in [-0.3, -0.25) is 28.8 Å². The van der Waals surface area contributed by atoms with Crippen molar-refractivity contribution in [3.05, 3.63) is 0 Å². The summed E-state index contributed by atoms with van der Waals surface area (Å²) in [6.45, 7) is 3.21. The maximum atomic E-state index is 14.1. The molecule has 0 spiro atoms. The van der Waals surface area contributed by atoms with Gasteiger partial charge in [-0.05, 0) is 87.9 Å². The summed E-state index contributed by atoms with van der Waals surface area (Å²) in [7, 11) is 1.59. The molecule has 0 aromatic rings. The molecule has 0 radical (unpaired) electrons. The van der Waals surface area contributed by atoms with Crippen LogP contribution in [-0.4, -0.2) is 114 Å². The fourth-order valence-corrected chi connectivity index (χ4v) is 9.54. The first-order valence-corrected chi connectivity index (χ1v) is 21.6. The minimum atomic E-state index is -1.24. The lowest BCUT2D eigenvalue weighted by atomic mass is 9.83. The fourth-order valence-electron chi connectivity index (χ4n) is 9.54. The van der Waals surface area contributed by atoms with Crippen molar-refractivity contribution < 1.29 is 38.6 Å². The second-order valence-corrected chi connectivity index (χ2v) is 17.6. The number of likely N-dealkylation sites (N-methyl/N-ethyl adjacent to an activating group) is 1. The van der Waals surface area contributed by atoms with Crippen molar-refractivity contribution in [2.75, 3.05) is 20.2 Å². The minimum Gasteiger partial charge on any atom is -0.392 e. The van der Waals surface area contributed by atoms with Gasteiger partial charge in [0.05, 0.1) is 30.8 Å². The van der Waals surface area contributed by atoms with Gasteiger partial charge in [0.25, 0.3) is 0 Å². The van der Waals surface area contributed by atoms with Crippen molar-refractivity contribution in [1.82, 2.24) is 26.2 Å². The Bertz CT molecular complexity index is 1390. The highest BCUT2D eigenvalue weighted by Gasteiger charge is 2.42. The van der Waals surface area contributed by atoms with E-state index in [1.54, 1.807) is 14.0 Å². The number of aliphatic hydroxyl groups excluding tert-OH is 1. The molecule has 0 aromatic carbocycles. The fraction of sp³-hybridized carbons (Fsp3) is 0.854. The summed E-state index contributed by atoms with van der Waals surface area (Å²) in [6.07, 6.45) is 13.2. The Balaban J connectivity index is 1.22. The van der Waals surface area contributed by atoms with Gasteiger partial charge in [-0.1, -0.05) is 52.4 Å². The van der Waals surface area contributed by atoms with Gasteiger partial charge in [0.2, 0.25) is 29.5 Å². The van der Waals surface area contributed by atoms with Crippen LogP contribution in [0.3, 0.4) is 0 Å². The summed E-state index contributed by atoms with van der Waals surface area (Å²) in [4.78, 5) is 81.8. The summed E-state index contributed by atoms with van der Waals surface area (Å²) >= 11 is 0. The smallest absolute Gasteiger partial charge is 0.245 e. The van der Waals surface area contributed by atoms with Gasteiger partial charge < -0.3 is 47.5 Å². The molecule has 15 heteroatoms. The molecule has 5 amide bonds. The van der Waals surface area contributed by atoms with Crippen molar-refractivity contribution in [1.29, 1.82) is 0 Å². The molecular formula is C41H69N7O8. The minimum absolute atomic E-state index is 0.0188. The standard InChI is InChI=1S/C41H69N7O8/c1-4-9-33(48(3)41(55)23(2)34(49)15-14-27-17-24-12-13-26(27)16-24)39(53)47-36(25-10-7-5-6-8-11-25)40(54)45-31(21-42)37(51)46-32(22-56-29-18-28(43)19-29)38(52)44-30-20-35(30)50/h23-34,36,49H,4-22,42-43H2,1-3H3,(H,44,52)(H,45,54)(H,46,51)(H,47,53)/t23-,24?,26?,27?,28?,29?,30?,31+,32+,33+,34-,36+/m1/s1. The van der Waals surface area contributed by atoms with Crippen molar-refractivity contribution in [2.45, 2.75) is 171 Å². The SMILES string of the molecule is CCC[C@@H](C(=O)N[C@H](C(=O)N[C@@H](CN)C(=O)N[C@@H](COC1CC(N)C1)C(=O)NC1CC1=O)C1CCCCCC1)N(C)C(=O)[C@H](C)[C@H](O)CCC1CC2CCC1C2. The maximum absolute atomic E-state index is 14.1. The van der Waals surface area contributed by atoms with Gasteiger partial charge >= 0.3 is 0 Å². The number of hydrogen-bond donors (Lipinski definition) is 7. The Hall–Kier alpha value is -3.14. The van der Waals surface area contributed by atoms with E-state index in [1.165, 1.54) is 30.6 Å². The topological polar surface area (TPSA) is 235 Å². The molecule has 4 unspecified atom stereocenters. The van der Waals surface area contributed by atoms with Crippen LogP contribution < -0.4 is 32.7 Å². The number of rotatable bonds is 21. The second-order valence-electron chi connectivity index (χ2n) is 17.6. The van der Waals surface area contributed by atoms with Crippen LogP contribution in [0.1, 0.15) is 123 Å². The first kappa shape index (κ1) is 44.0. The number of ketones is 1. The van der Waals surface area contributed by atoms with E-state index in [-0.39, 0.29) is 49.3 Å². The van der Waals surface area contributed by atoms with Crippen molar-refractivity contribution in [2.24, 2.45) is 41.1 Å². The summed E-state index contributed by atoms with van der Waals surface area (Å²) in [6, 6.07) is -4.82. The lowest BCUT2D eigenvalue weighted by Crippen LogP contribution is -2.62. The van der Waals surface area contributed by atoms with E-state index in [9.17, 15) is 33.9 Å². The maximum Gasteiger partial charge on any atom is 0.245 e. The third kappa shape index (κ3) is 11.7. The number of hydrogen-bond acceptors (Lipinski definition) is 10. The predicted octanol–water partition coefficient (Wildman–Crippen LogP) is 1.17. The lowest BCUT2D eigenvalue weighted by Gasteiger charge is -2.34. The number of carbonyl (C=O) groups excluding carboxylic acids is 6. The lowest BCUT2D eigenvalue weighted by molar-refractivity contribution is -0.145. The summed E-state index contributed by atoms with van der Waals surface area (Å²) in [5.74, 6) is -1.47. The van der Waals surface area contributed by atoms with E-state index in [1.807, 2.05) is 6.92 Å². The monoisotopic (exact) mass is 788 g/mol. The Morgan fingerprint density at radius 1 is 0.875 bits per heavy atom. The van der Waals surface area contributed by atoms with Crippen LogP contribution in [-0.2, 0) is 33.5 Å². The number of nitrogens with two attached hydrogens (primary N) is 2. The van der Waals surface area contributed by atoms with Gasteiger partial charge in [-0.15, -0.1) is 0 Å². The Kier molecular flexibility index (Phi) is 16.1. The highest BCUT2D eigenvalue weighted by Crippen LogP contribution is 2.50. The van der Waals surface area contributed by atoms with Crippen molar-refractivity contribution in [3.8, 4) is 0 Å². The number of carbonyl (C=O) groups is 6. The predicted molar refractivity (Wildman–Crippen MR) is 209 cm³/mol. The Morgan fingerprint density at radius 3 is 2.12 bits per heavy atom. The van der Waals surface area contributed by atoms with Gasteiger partial charge in [0.1, 0.15) is 24.2 Å². The number of nitrogens with one attached hydrogen (secondary N) is 4. The molecule has 10 atom stereocenters. The molecule has 5 fully saturated rings. The number of ether oxygens (including phenoxy) is 1. The zero-order valence-electron chi connectivity index (χ0n) is 33.8. The van der Waals surface area contributed by atoms with Crippen LogP contribution in [0.15, 0.2) is 0 Å². The molecule has 0 aromatic heterocycles. The van der Waals surface area contributed by atoms with E-state index >= 15 is 0 Å². The first-order valence-electron chi connectivity index (χ1n) is 21.6. The van der Waals surface area contributed by atoms with Crippen LogP contribution in [0.5, 0.6) is 0 Å². The van der Waals surface area contributed by atoms with Gasteiger partial charge in [-0.2, -0.15) is 0 Å². The van der Waals surface area contributed by atoms with Crippen LogP contribution in [0.25, 0.3) is 0 Å². The molecule has 0 saturated heterocycles. The van der Waals surface area contributed by atoms with Crippen LogP contribution in [0, 0.1) is 29.6 Å². The van der Waals surface area contributed by atoms with Crippen LogP contribution in [0.4, 0.5) is 0 Å². The Morgan fingerprint density at radius 2 is 1.55 bits per heavy atom. The van der Waals surface area contributed by atoms with E-state index < -0.39 is 65.9 Å². The molecule has 5 aliphatic carbocycles. The van der Waals surface area contributed by atoms with Crippen molar-refractivity contribution in [3.63, 3.8) is 0 Å². The molecule has 5 rings (SSSR count). The number of Topliss-reactive ketones (excluding diaryl/α,β-unsaturated/α-hetero) is 1. The molecule has 15 nitrogen and oxygen atoms in total. The van der Waals surface area contributed by atoms with Gasteiger partial charge in [-0.25, -0.2) is 0 Å². The molecule has 0 aliphatic heterocycles. The largest absolute Gasteiger partial charge is 0.392 e. The normalized spacial score (nSPS) is 29.1. The van der Waals surface area contributed by atoms with E-state index in [0.717, 1.165) is 43.9 Å². The molecule has 0 heterocycles. The van der Waals surface area contributed by atoms with Gasteiger partial charge in [0.15, 0.2) is 5.78 Å². The average Bonchev–Trinajstić information content (AvgIpc) is 3.59. The number of nitrogens with zero attached hydrogens (tertiary/aromatic N) is 1. The molecule has 316 valence electrons. The van der Waals surface area contributed by atoms with E-state index in [4.69, 9.17) is 16.2 Å². The zero-order valence-corrected chi connectivity index (χ0v) is 33.8. The van der Waals surface area contributed by atoms with Crippen LogP contribution >= 0.6 is 0 Å². The third-order valence-corrected chi connectivity index (χ3v) is 13.4. The summed E-state index contributed by atoms with van der Waals surface area (Å²) < 4.78 is 5.83. The summed E-state index contributed by atoms with van der Waals surface area (Å²) in [5, 5.41) is 22.1. The van der Waals surface area contributed by atoms with Gasteiger partial charge in [0, 0.05) is 26.1 Å². The first-order chi connectivity index (χ1) is 26.8. The van der Waals surface area contributed by atoms with Crippen LogP contribution in [0.2, 0.25) is 0 Å². The molecule has 2 bridgehead atoms. The number of amides is 5. The molecule has 9 N–H and O–H groups in total. The molecule has 5 saturated carbocycles. The molecule has 5 aliphatic rings. The summed E-state index contributed by atoms with van der Waals surface area (Å²) in [5.41, 5.74) is 11.9. The second kappa shape index (κ2) is 20.5.